The fourth-order valence-corrected chi connectivity index (χ4v) is 4.63. The lowest BCUT2D eigenvalue weighted by Gasteiger charge is -2.44. The highest BCUT2D eigenvalue weighted by atomic mass is 16.6. The first-order valence-electron chi connectivity index (χ1n) is 13.8. The average molecular weight is 538 g/mol. The standard InChI is InChI=1S/C31H43N3O5/c1-7-20(2)26(33-30(38)39-31(4,5)6)29(37)34(24-14-11-15-24)27(23-16-17-25(35)21(3)18-23)28(36)32-19-22-12-9-8-10-13-22/h8-10,12-13,16-18,20,24,26-27,35H,7,11,14-15,19H2,1-6H3,(H,32,36)(H,33,38). The molecule has 8 nitrogen and oxygen atoms in total. The lowest BCUT2D eigenvalue weighted by Crippen LogP contribution is -2.59. The molecule has 212 valence electrons. The number of benzene rings is 2. The molecule has 0 aliphatic heterocycles. The highest BCUT2D eigenvalue weighted by molar-refractivity contribution is 5.92. The van der Waals surface area contributed by atoms with Crippen LogP contribution in [0.15, 0.2) is 48.5 Å². The number of phenolic OH excluding ortho intramolecular Hbond substituents is 1. The molecule has 0 bridgehead atoms. The van der Waals surface area contributed by atoms with Gasteiger partial charge in [-0.25, -0.2) is 4.79 Å². The molecule has 1 aliphatic carbocycles. The Morgan fingerprint density at radius 3 is 2.31 bits per heavy atom. The molecule has 0 spiro atoms. The number of nitrogens with one attached hydrogen (secondary N) is 2. The van der Waals surface area contributed by atoms with Crippen LogP contribution in [0, 0.1) is 12.8 Å². The summed E-state index contributed by atoms with van der Waals surface area (Å²) in [6.07, 6.45) is 2.47. The summed E-state index contributed by atoms with van der Waals surface area (Å²) in [6.45, 7) is 11.3. The maximum atomic E-state index is 14.4. The Bertz CT molecular complexity index is 1140. The number of nitrogens with zero attached hydrogens (tertiary/aromatic N) is 1. The number of carbonyl (C=O) groups is 3. The molecular weight excluding hydrogens is 494 g/mol. The Morgan fingerprint density at radius 2 is 1.77 bits per heavy atom. The Labute approximate surface area is 232 Å². The van der Waals surface area contributed by atoms with Crippen LogP contribution in [0.5, 0.6) is 5.75 Å². The molecular formula is C31H43N3O5. The van der Waals surface area contributed by atoms with Gasteiger partial charge in [-0.15, -0.1) is 0 Å². The average Bonchev–Trinajstić information content (AvgIpc) is 2.85. The van der Waals surface area contributed by atoms with Crippen LogP contribution in [-0.4, -0.2) is 45.6 Å². The van der Waals surface area contributed by atoms with Crippen LogP contribution in [0.4, 0.5) is 4.79 Å². The minimum atomic E-state index is -0.933. The van der Waals surface area contributed by atoms with Crippen LogP contribution in [-0.2, 0) is 20.9 Å². The largest absolute Gasteiger partial charge is 0.508 e. The molecule has 3 rings (SSSR count). The summed E-state index contributed by atoms with van der Waals surface area (Å²) in [6, 6.07) is 12.6. The van der Waals surface area contributed by atoms with Crippen LogP contribution < -0.4 is 10.6 Å². The van der Waals surface area contributed by atoms with E-state index in [1.54, 1.807) is 50.8 Å². The van der Waals surface area contributed by atoms with Crippen molar-refractivity contribution in [1.29, 1.82) is 0 Å². The van der Waals surface area contributed by atoms with Gasteiger partial charge in [0.1, 0.15) is 23.4 Å². The zero-order valence-electron chi connectivity index (χ0n) is 24.0. The molecule has 8 heteroatoms. The van der Waals surface area contributed by atoms with Crippen molar-refractivity contribution in [2.75, 3.05) is 0 Å². The van der Waals surface area contributed by atoms with Gasteiger partial charge in [0.05, 0.1) is 0 Å². The SMILES string of the molecule is CCC(C)C(NC(=O)OC(C)(C)C)C(=O)N(C1CCC1)C(C(=O)NCc1ccccc1)c1ccc(O)c(C)c1. The van der Waals surface area contributed by atoms with Crippen molar-refractivity contribution >= 4 is 17.9 Å². The zero-order valence-corrected chi connectivity index (χ0v) is 24.0. The third kappa shape index (κ3) is 7.97. The van der Waals surface area contributed by atoms with Crippen molar-refractivity contribution in [2.24, 2.45) is 5.92 Å². The van der Waals surface area contributed by atoms with Crippen LogP contribution >= 0.6 is 0 Å². The molecule has 1 saturated carbocycles. The smallest absolute Gasteiger partial charge is 0.408 e. The second-order valence-corrected chi connectivity index (χ2v) is 11.5. The number of rotatable bonds is 10. The second kappa shape index (κ2) is 13.0. The van der Waals surface area contributed by atoms with E-state index in [2.05, 4.69) is 10.6 Å². The quantitative estimate of drug-likeness (QED) is 0.377. The zero-order chi connectivity index (χ0) is 28.7. The number of aryl methyl sites for hydroxylation is 1. The van der Waals surface area contributed by atoms with Gasteiger partial charge in [-0.3, -0.25) is 9.59 Å². The summed E-state index contributed by atoms with van der Waals surface area (Å²) in [5.41, 5.74) is 1.44. The lowest BCUT2D eigenvalue weighted by molar-refractivity contribution is -0.148. The van der Waals surface area contributed by atoms with E-state index in [0.717, 1.165) is 24.8 Å². The highest BCUT2D eigenvalue weighted by Crippen LogP contribution is 2.35. The van der Waals surface area contributed by atoms with Gasteiger partial charge in [0, 0.05) is 12.6 Å². The fourth-order valence-electron chi connectivity index (χ4n) is 4.63. The molecule has 2 aromatic rings. The van der Waals surface area contributed by atoms with E-state index in [0.29, 0.717) is 24.1 Å². The van der Waals surface area contributed by atoms with Gasteiger partial charge in [-0.05, 0) is 81.7 Å². The van der Waals surface area contributed by atoms with Crippen LogP contribution in [0.3, 0.4) is 0 Å². The minimum absolute atomic E-state index is 0.118. The molecule has 2 aromatic carbocycles. The number of hydrogen-bond acceptors (Lipinski definition) is 5. The Kier molecular flexibility index (Phi) is 10.0. The van der Waals surface area contributed by atoms with Gasteiger partial charge >= 0.3 is 6.09 Å². The van der Waals surface area contributed by atoms with Gasteiger partial charge in [-0.2, -0.15) is 0 Å². The number of aromatic hydroxyl groups is 1. The second-order valence-electron chi connectivity index (χ2n) is 11.5. The van der Waals surface area contributed by atoms with Gasteiger partial charge < -0.3 is 25.4 Å². The van der Waals surface area contributed by atoms with Gasteiger partial charge in [0.25, 0.3) is 0 Å². The van der Waals surface area contributed by atoms with Crippen molar-refractivity contribution in [3.63, 3.8) is 0 Å². The summed E-state index contributed by atoms with van der Waals surface area (Å²) in [5, 5.41) is 16.0. The molecule has 3 atom stereocenters. The van der Waals surface area contributed by atoms with Gasteiger partial charge in [0.15, 0.2) is 0 Å². The van der Waals surface area contributed by atoms with E-state index in [4.69, 9.17) is 4.74 Å². The number of phenols is 1. The van der Waals surface area contributed by atoms with Crippen LogP contribution in [0.1, 0.15) is 83.0 Å². The predicted molar refractivity (Wildman–Crippen MR) is 151 cm³/mol. The number of hydrogen-bond donors (Lipinski definition) is 3. The minimum Gasteiger partial charge on any atom is -0.508 e. The molecule has 3 amide bonds. The van der Waals surface area contributed by atoms with E-state index in [9.17, 15) is 19.5 Å². The normalized spacial score (nSPS) is 15.8. The summed E-state index contributed by atoms with van der Waals surface area (Å²) in [7, 11) is 0. The van der Waals surface area contributed by atoms with Gasteiger partial charge in [0.2, 0.25) is 11.8 Å². The molecule has 0 saturated heterocycles. The van der Waals surface area contributed by atoms with Crippen LogP contribution in [0.2, 0.25) is 0 Å². The number of ether oxygens (including phenoxy) is 1. The highest BCUT2D eigenvalue weighted by Gasteiger charge is 2.43. The first-order chi connectivity index (χ1) is 18.4. The molecule has 1 aliphatic rings. The molecule has 3 N–H and O–H groups in total. The Balaban J connectivity index is 2.00. The van der Waals surface area contributed by atoms with Crippen molar-refractivity contribution in [3.8, 4) is 5.75 Å². The van der Waals surface area contributed by atoms with Gasteiger partial charge in [-0.1, -0.05) is 56.7 Å². The monoisotopic (exact) mass is 537 g/mol. The molecule has 3 unspecified atom stereocenters. The fraction of sp³-hybridized carbons (Fsp3) is 0.516. The summed E-state index contributed by atoms with van der Waals surface area (Å²) < 4.78 is 5.47. The molecule has 0 heterocycles. The number of carbonyl (C=O) groups excluding carboxylic acids is 3. The summed E-state index contributed by atoms with van der Waals surface area (Å²) in [5.74, 6) is -0.704. The van der Waals surface area contributed by atoms with Crippen LogP contribution in [0.25, 0.3) is 0 Å². The molecule has 1 fully saturated rings. The van der Waals surface area contributed by atoms with E-state index < -0.39 is 23.8 Å². The van der Waals surface area contributed by atoms with Crippen molar-refractivity contribution < 1.29 is 24.2 Å². The first kappa shape index (κ1) is 30.0. The summed E-state index contributed by atoms with van der Waals surface area (Å²) in [4.78, 5) is 42.7. The van der Waals surface area contributed by atoms with E-state index in [-0.39, 0.29) is 29.5 Å². The van der Waals surface area contributed by atoms with Crippen molar-refractivity contribution in [1.82, 2.24) is 15.5 Å². The lowest BCUT2D eigenvalue weighted by atomic mass is 9.86. The predicted octanol–water partition coefficient (Wildman–Crippen LogP) is 5.38. The molecule has 0 radical (unpaired) electrons. The maximum absolute atomic E-state index is 14.4. The van der Waals surface area contributed by atoms with Crippen molar-refractivity contribution in [2.45, 2.75) is 97.5 Å². The number of alkyl carbamates (subject to hydrolysis) is 1. The summed E-state index contributed by atoms with van der Waals surface area (Å²) >= 11 is 0. The van der Waals surface area contributed by atoms with E-state index in [1.165, 1.54) is 0 Å². The number of amides is 3. The maximum Gasteiger partial charge on any atom is 0.408 e. The third-order valence-corrected chi connectivity index (χ3v) is 7.25. The molecule has 0 aromatic heterocycles. The molecule has 39 heavy (non-hydrogen) atoms. The first-order valence-corrected chi connectivity index (χ1v) is 13.8. The third-order valence-electron chi connectivity index (χ3n) is 7.25. The Hall–Kier alpha value is -3.55. The van der Waals surface area contributed by atoms with E-state index in [1.807, 2.05) is 44.2 Å². The van der Waals surface area contributed by atoms with E-state index >= 15 is 0 Å². The van der Waals surface area contributed by atoms with Crippen molar-refractivity contribution in [3.05, 3.63) is 65.2 Å². The Morgan fingerprint density at radius 1 is 1.10 bits per heavy atom. The topological polar surface area (TPSA) is 108 Å².